The third-order valence-corrected chi connectivity index (χ3v) is 4.96. The number of thioether (sulfide) groups is 1. The first kappa shape index (κ1) is 20.0. The van der Waals surface area contributed by atoms with E-state index in [0.717, 1.165) is 28.4 Å². The van der Waals surface area contributed by atoms with Crippen LogP contribution in [0.5, 0.6) is 0 Å². The molecule has 0 spiro atoms. The van der Waals surface area contributed by atoms with E-state index in [2.05, 4.69) is 15.5 Å². The van der Waals surface area contributed by atoms with Gasteiger partial charge in [-0.05, 0) is 23.8 Å². The fourth-order valence-corrected chi connectivity index (χ4v) is 3.18. The van der Waals surface area contributed by atoms with Crippen LogP contribution in [0.4, 0.5) is 24.7 Å². The minimum Gasteiger partial charge on any atom is -0.334 e. The summed E-state index contributed by atoms with van der Waals surface area (Å²) >= 11 is 7.11. The second-order valence-electron chi connectivity index (χ2n) is 5.60. The molecule has 2 aromatic carbocycles. The summed E-state index contributed by atoms with van der Waals surface area (Å²) in [6, 6.07) is 12.1. The molecule has 0 saturated carbocycles. The number of benzene rings is 2. The number of hydrogen-bond donors (Lipinski definition) is 2. The molecule has 0 unspecified atom stereocenters. The molecular formula is C17H13ClF3N5OS. The number of nitrogen functional groups attached to an aromatic ring is 1. The molecule has 6 nitrogen and oxygen atoms in total. The van der Waals surface area contributed by atoms with Gasteiger partial charge in [0.2, 0.25) is 11.0 Å². The van der Waals surface area contributed by atoms with Crippen LogP contribution in [0.3, 0.4) is 0 Å². The van der Waals surface area contributed by atoms with Crippen LogP contribution in [0.15, 0.2) is 58.5 Å². The zero-order valence-electron chi connectivity index (χ0n) is 14.1. The van der Waals surface area contributed by atoms with E-state index in [9.17, 15) is 18.0 Å². The van der Waals surface area contributed by atoms with Crippen molar-refractivity contribution in [3.05, 3.63) is 75.0 Å². The van der Waals surface area contributed by atoms with Crippen LogP contribution in [0.2, 0.25) is 5.02 Å². The number of aromatic nitrogens is 3. The van der Waals surface area contributed by atoms with Gasteiger partial charge in [0, 0.05) is 5.75 Å². The van der Waals surface area contributed by atoms with Crippen molar-refractivity contribution in [2.24, 2.45) is 0 Å². The fourth-order valence-electron chi connectivity index (χ4n) is 2.21. The molecule has 28 heavy (non-hydrogen) atoms. The third-order valence-electron chi connectivity index (χ3n) is 3.62. The highest BCUT2D eigenvalue weighted by molar-refractivity contribution is 7.98. The number of nitrogens with one attached hydrogen (secondary N) is 1. The Kier molecular flexibility index (Phi) is 5.80. The molecule has 0 atom stereocenters. The maximum atomic E-state index is 12.9. The highest BCUT2D eigenvalue weighted by atomic mass is 35.5. The van der Waals surface area contributed by atoms with Crippen molar-refractivity contribution < 1.29 is 13.2 Å². The molecule has 0 amide bonds. The number of alkyl halides is 3. The van der Waals surface area contributed by atoms with Gasteiger partial charge in [0.05, 0.1) is 16.3 Å². The van der Waals surface area contributed by atoms with Crippen molar-refractivity contribution >= 4 is 34.9 Å². The Morgan fingerprint density at radius 1 is 1.14 bits per heavy atom. The first-order valence-corrected chi connectivity index (χ1v) is 9.17. The summed E-state index contributed by atoms with van der Waals surface area (Å²) < 4.78 is 39.4. The lowest BCUT2D eigenvalue weighted by Gasteiger charge is -2.12. The summed E-state index contributed by atoms with van der Waals surface area (Å²) in [5, 5.41) is 10.2. The maximum absolute atomic E-state index is 12.9. The molecule has 3 aromatic rings. The smallest absolute Gasteiger partial charge is 0.334 e. The van der Waals surface area contributed by atoms with Gasteiger partial charge in [-0.1, -0.05) is 53.7 Å². The van der Waals surface area contributed by atoms with Gasteiger partial charge in [0.1, 0.15) is 0 Å². The summed E-state index contributed by atoms with van der Waals surface area (Å²) in [7, 11) is 0. The second-order valence-corrected chi connectivity index (χ2v) is 6.95. The zero-order chi connectivity index (χ0) is 20.3. The van der Waals surface area contributed by atoms with Gasteiger partial charge in [-0.25, -0.2) is 0 Å². The van der Waals surface area contributed by atoms with E-state index in [1.807, 2.05) is 30.3 Å². The van der Waals surface area contributed by atoms with Gasteiger partial charge in [-0.15, -0.1) is 10.2 Å². The van der Waals surface area contributed by atoms with Gasteiger partial charge in [-0.2, -0.15) is 17.8 Å². The molecule has 11 heteroatoms. The molecule has 0 radical (unpaired) electrons. The fraction of sp³-hybridized carbons (Fsp3) is 0.118. The van der Waals surface area contributed by atoms with Crippen molar-refractivity contribution in [1.29, 1.82) is 0 Å². The Morgan fingerprint density at radius 3 is 2.54 bits per heavy atom. The highest BCUT2D eigenvalue weighted by Crippen LogP contribution is 2.34. The van der Waals surface area contributed by atoms with Gasteiger partial charge >= 0.3 is 11.7 Å². The molecule has 0 saturated heterocycles. The topological polar surface area (TPSA) is 85.8 Å². The van der Waals surface area contributed by atoms with Gasteiger partial charge in [0.15, 0.2) is 0 Å². The van der Waals surface area contributed by atoms with Crippen molar-refractivity contribution in [1.82, 2.24) is 14.9 Å². The van der Waals surface area contributed by atoms with Gasteiger partial charge < -0.3 is 11.2 Å². The molecule has 3 rings (SSSR count). The second kappa shape index (κ2) is 8.11. The van der Waals surface area contributed by atoms with E-state index in [-0.39, 0.29) is 21.7 Å². The summed E-state index contributed by atoms with van der Waals surface area (Å²) in [5.74, 6) is 5.94. The van der Waals surface area contributed by atoms with E-state index < -0.39 is 17.3 Å². The maximum Gasteiger partial charge on any atom is 0.416 e. The molecule has 0 bridgehead atoms. The highest BCUT2D eigenvalue weighted by Gasteiger charge is 2.31. The predicted molar refractivity (Wildman–Crippen MR) is 102 cm³/mol. The van der Waals surface area contributed by atoms with Crippen LogP contribution in [-0.2, 0) is 11.9 Å². The van der Waals surface area contributed by atoms with Gasteiger partial charge in [-0.3, -0.25) is 4.79 Å². The van der Waals surface area contributed by atoms with Crippen molar-refractivity contribution in [3.63, 3.8) is 0 Å². The van der Waals surface area contributed by atoms with Crippen LogP contribution in [0.25, 0.3) is 0 Å². The quantitative estimate of drug-likeness (QED) is 0.471. The van der Waals surface area contributed by atoms with Gasteiger partial charge in [0.25, 0.3) is 0 Å². The Hall–Kier alpha value is -2.72. The van der Waals surface area contributed by atoms with E-state index in [1.54, 1.807) is 0 Å². The molecule has 3 N–H and O–H groups in total. The number of nitrogens with two attached hydrogens (primary N) is 1. The van der Waals surface area contributed by atoms with Crippen LogP contribution in [0.1, 0.15) is 11.1 Å². The standard InChI is InChI=1S/C17H13ClF3N5OS/c18-12-7-6-11(17(19,20)21)8-13(12)23-14-15(27)26(22)16(25-24-14)28-9-10-4-2-1-3-5-10/h1-8H,9,22H2,(H,23,24). The summed E-state index contributed by atoms with van der Waals surface area (Å²) in [4.78, 5) is 12.4. The lowest BCUT2D eigenvalue weighted by molar-refractivity contribution is -0.137. The molecule has 1 heterocycles. The number of rotatable bonds is 5. The van der Waals surface area contributed by atoms with Crippen LogP contribution >= 0.6 is 23.4 Å². The molecule has 0 aliphatic rings. The number of hydrogen-bond acceptors (Lipinski definition) is 6. The lowest BCUT2D eigenvalue weighted by Crippen LogP contribution is -2.32. The van der Waals surface area contributed by atoms with Crippen LogP contribution < -0.4 is 16.7 Å². The van der Waals surface area contributed by atoms with E-state index in [1.165, 1.54) is 11.8 Å². The van der Waals surface area contributed by atoms with E-state index in [4.69, 9.17) is 17.4 Å². The SMILES string of the molecule is Nn1c(SCc2ccccc2)nnc(Nc2cc(C(F)(F)F)ccc2Cl)c1=O. The molecule has 0 fully saturated rings. The van der Waals surface area contributed by atoms with Crippen LogP contribution in [-0.4, -0.2) is 14.9 Å². The average molecular weight is 428 g/mol. The number of halogens is 4. The largest absolute Gasteiger partial charge is 0.416 e. The normalized spacial score (nSPS) is 11.4. The Balaban J connectivity index is 1.83. The summed E-state index contributed by atoms with van der Waals surface area (Å²) in [6.07, 6.45) is -4.56. The van der Waals surface area contributed by atoms with E-state index in [0.29, 0.717) is 5.75 Å². The summed E-state index contributed by atoms with van der Waals surface area (Å²) in [5.41, 5.74) is -0.804. The number of nitrogens with zero attached hydrogens (tertiary/aromatic N) is 3. The zero-order valence-corrected chi connectivity index (χ0v) is 15.6. The Morgan fingerprint density at radius 2 is 1.86 bits per heavy atom. The minimum atomic E-state index is -4.56. The van der Waals surface area contributed by atoms with E-state index >= 15 is 0 Å². The lowest BCUT2D eigenvalue weighted by atomic mass is 10.2. The van der Waals surface area contributed by atoms with Crippen molar-refractivity contribution in [2.45, 2.75) is 17.1 Å². The Labute approximate surface area is 166 Å². The molecular weight excluding hydrogens is 415 g/mol. The average Bonchev–Trinajstić information content (AvgIpc) is 2.66. The third kappa shape index (κ3) is 4.57. The van der Waals surface area contributed by atoms with Crippen molar-refractivity contribution in [2.75, 3.05) is 11.2 Å². The monoisotopic (exact) mass is 427 g/mol. The first-order chi connectivity index (χ1) is 13.3. The first-order valence-electron chi connectivity index (χ1n) is 7.81. The molecule has 0 aliphatic carbocycles. The Bertz CT molecular complexity index is 1040. The molecule has 146 valence electrons. The van der Waals surface area contributed by atoms with Crippen LogP contribution in [0, 0.1) is 0 Å². The molecule has 1 aromatic heterocycles. The minimum absolute atomic E-state index is 0.0136. The molecule has 0 aliphatic heterocycles. The van der Waals surface area contributed by atoms with Crippen molar-refractivity contribution in [3.8, 4) is 0 Å². The number of anilines is 2. The predicted octanol–water partition coefficient (Wildman–Crippen LogP) is 4.06. The summed E-state index contributed by atoms with van der Waals surface area (Å²) in [6.45, 7) is 0.